The first kappa shape index (κ1) is 13.7. The van der Waals surface area contributed by atoms with Crippen molar-refractivity contribution in [3.8, 4) is 23.3 Å². The molecule has 1 aliphatic heterocycles. The van der Waals surface area contributed by atoms with Gasteiger partial charge >= 0.3 is 0 Å². The molecule has 0 amide bonds. The molecule has 0 saturated carbocycles. The summed E-state index contributed by atoms with van der Waals surface area (Å²) in [6.07, 6.45) is 0. The fourth-order valence-corrected chi connectivity index (χ4v) is 2.02. The Balaban J connectivity index is 2.01. The molecule has 0 bridgehead atoms. The average Bonchev–Trinajstić information content (AvgIpc) is 2.48. The van der Waals surface area contributed by atoms with Gasteiger partial charge in [0.15, 0.2) is 0 Å². The molecule has 102 valence electrons. The van der Waals surface area contributed by atoms with Gasteiger partial charge in [-0.2, -0.15) is 0 Å². The molecule has 2 rings (SSSR count). The molecule has 0 spiro atoms. The zero-order chi connectivity index (χ0) is 13.5. The van der Waals surface area contributed by atoms with Gasteiger partial charge in [-0.1, -0.05) is 11.8 Å². The number of nitrogens with one attached hydrogen (secondary N) is 1. The molecular weight excluding hydrogens is 240 g/mol. The summed E-state index contributed by atoms with van der Waals surface area (Å²) in [7, 11) is 3.29. The highest BCUT2D eigenvalue weighted by molar-refractivity contribution is 5.49. The lowest BCUT2D eigenvalue weighted by Gasteiger charge is -2.24. The van der Waals surface area contributed by atoms with Crippen molar-refractivity contribution in [1.29, 1.82) is 0 Å². The lowest BCUT2D eigenvalue weighted by Crippen LogP contribution is -2.43. The van der Waals surface area contributed by atoms with E-state index in [2.05, 4.69) is 22.1 Å². The molecule has 1 aliphatic rings. The highest BCUT2D eigenvalue weighted by atomic mass is 16.5. The quantitative estimate of drug-likeness (QED) is 0.821. The van der Waals surface area contributed by atoms with Crippen LogP contribution in [-0.2, 0) is 0 Å². The minimum Gasteiger partial charge on any atom is -0.497 e. The van der Waals surface area contributed by atoms with E-state index < -0.39 is 0 Å². The van der Waals surface area contributed by atoms with Gasteiger partial charge < -0.3 is 14.8 Å². The lowest BCUT2D eigenvalue weighted by molar-refractivity contribution is 0.268. The number of nitrogens with zero attached hydrogens (tertiary/aromatic N) is 1. The maximum absolute atomic E-state index is 5.32. The number of ether oxygens (including phenoxy) is 2. The van der Waals surface area contributed by atoms with Crippen LogP contribution in [0.4, 0.5) is 0 Å². The minimum absolute atomic E-state index is 0.757. The first-order valence-corrected chi connectivity index (χ1v) is 6.47. The third-order valence-corrected chi connectivity index (χ3v) is 3.14. The molecular formula is C15H20N2O2. The maximum Gasteiger partial charge on any atom is 0.138 e. The van der Waals surface area contributed by atoms with Crippen LogP contribution in [0.5, 0.6) is 11.5 Å². The molecule has 4 heteroatoms. The van der Waals surface area contributed by atoms with Crippen LogP contribution in [-0.4, -0.2) is 51.8 Å². The van der Waals surface area contributed by atoms with Crippen LogP contribution in [0.15, 0.2) is 18.2 Å². The molecule has 0 aliphatic carbocycles. The number of benzene rings is 1. The zero-order valence-corrected chi connectivity index (χ0v) is 11.5. The summed E-state index contributed by atoms with van der Waals surface area (Å²) in [4.78, 5) is 2.35. The van der Waals surface area contributed by atoms with Gasteiger partial charge in [-0.05, 0) is 12.1 Å². The van der Waals surface area contributed by atoms with Crippen LogP contribution in [0.25, 0.3) is 0 Å². The normalized spacial score (nSPS) is 15.5. The first-order valence-electron chi connectivity index (χ1n) is 6.47. The van der Waals surface area contributed by atoms with Crippen molar-refractivity contribution in [2.24, 2.45) is 0 Å². The standard InChI is InChI=1S/C15H20N2O2/c1-18-14-6-5-13(15(12-14)19-2)4-3-9-17-10-7-16-8-11-17/h5-6,12,16H,7-11H2,1-2H3. The van der Waals surface area contributed by atoms with E-state index in [0.717, 1.165) is 49.8 Å². The van der Waals surface area contributed by atoms with Gasteiger partial charge in [0, 0.05) is 32.2 Å². The summed E-state index contributed by atoms with van der Waals surface area (Å²) < 4.78 is 10.5. The molecule has 0 atom stereocenters. The van der Waals surface area contributed by atoms with Gasteiger partial charge in [0.2, 0.25) is 0 Å². The van der Waals surface area contributed by atoms with Crippen LogP contribution in [0.1, 0.15) is 5.56 Å². The van der Waals surface area contributed by atoms with Crippen LogP contribution in [0.3, 0.4) is 0 Å². The van der Waals surface area contributed by atoms with Gasteiger partial charge in [-0.3, -0.25) is 4.90 Å². The predicted octanol–water partition coefficient (Wildman–Crippen LogP) is 0.960. The molecule has 1 fully saturated rings. The Bertz CT molecular complexity index is 471. The van der Waals surface area contributed by atoms with Crippen molar-refractivity contribution in [3.63, 3.8) is 0 Å². The van der Waals surface area contributed by atoms with E-state index in [9.17, 15) is 0 Å². The van der Waals surface area contributed by atoms with E-state index in [1.165, 1.54) is 0 Å². The molecule has 0 unspecified atom stereocenters. The second-order valence-corrected chi connectivity index (χ2v) is 4.39. The number of hydrogen-bond acceptors (Lipinski definition) is 4. The number of rotatable bonds is 3. The topological polar surface area (TPSA) is 33.7 Å². The van der Waals surface area contributed by atoms with Gasteiger partial charge in [0.25, 0.3) is 0 Å². The third-order valence-electron chi connectivity index (χ3n) is 3.14. The van der Waals surface area contributed by atoms with E-state index in [-0.39, 0.29) is 0 Å². The Kier molecular flexibility index (Phi) is 5.08. The summed E-state index contributed by atoms with van der Waals surface area (Å²) in [6, 6.07) is 5.69. The molecule has 0 radical (unpaired) electrons. The van der Waals surface area contributed by atoms with E-state index in [0.29, 0.717) is 0 Å². The van der Waals surface area contributed by atoms with Crippen molar-refractivity contribution >= 4 is 0 Å². The monoisotopic (exact) mass is 260 g/mol. The minimum atomic E-state index is 0.757. The van der Waals surface area contributed by atoms with Gasteiger partial charge in [0.05, 0.1) is 26.3 Å². The highest BCUT2D eigenvalue weighted by Gasteiger charge is 2.07. The molecule has 1 heterocycles. The fraction of sp³-hybridized carbons (Fsp3) is 0.467. The van der Waals surface area contributed by atoms with Crippen molar-refractivity contribution in [3.05, 3.63) is 23.8 Å². The Morgan fingerprint density at radius 1 is 1.21 bits per heavy atom. The van der Waals surface area contributed by atoms with Gasteiger partial charge in [0.1, 0.15) is 11.5 Å². The Morgan fingerprint density at radius 2 is 2.00 bits per heavy atom. The number of hydrogen-bond donors (Lipinski definition) is 1. The zero-order valence-electron chi connectivity index (χ0n) is 11.5. The second-order valence-electron chi connectivity index (χ2n) is 4.39. The van der Waals surface area contributed by atoms with Crippen molar-refractivity contribution < 1.29 is 9.47 Å². The molecule has 0 aromatic heterocycles. The first-order chi connectivity index (χ1) is 9.33. The Morgan fingerprint density at radius 3 is 2.68 bits per heavy atom. The highest BCUT2D eigenvalue weighted by Crippen LogP contribution is 2.23. The van der Waals surface area contributed by atoms with E-state index in [1.807, 2.05) is 18.2 Å². The lowest BCUT2D eigenvalue weighted by atomic mass is 10.2. The van der Waals surface area contributed by atoms with Gasteiger partial charge in [-0.25, -0.2) is 0 Å². The summed E-state index contributed by atoms with van der Waals surface area (Å²) in [5.41, 5.74) is 0.901. The Labute approximate surface area is 114 Å². The van der Waals surface area contributed by atoms with E-state index in [1.54, 1.807) is 14.2 Å². The number of piperazine rings is 1. The van der Waals surface area contributed by atoms with E-state index >= 15 is 0 Å². The summed E-state index contributed by atoms with van der Waals surface area (Å²) >= 11 is 0. The Hall–Kier alpha value is -1.70. The smallest absolute Gasteiger partial charge is 0.138 e. The average molecular weight is 260 g/mol. The molecule has 4 nitrogen and oxygen atoms in total. The predicted molar refractivity (Wildman–Crippen MR) is 75.7 cm³/mol. The largest absolute Gasteiger partial charge is 0.497 e. The summed E-state index contributed by atoms with van der Waals surface area (Å²) in [5, 5.41) is 3.33. The molecule has 1 saturated heterocycles. The van der Waals surface area contributed by atoms with E-state index in [4.69, 9.17) is 9.47 Å². The second kappa shape index (κ2) is 7.03. The SMILES string of the molecule is COc1ccc(C#CCN2CCNCC2)c(OC)c1. The molecule has 1 N–H and O–H groups in total. The van der Waals surface area contributed by atoms with Crippen LogP contribution >= 0.6 is 0 Å². The molecule has 19 heavy (non-hydrogen) atoms. The van der Waals surface area contributed by atoms with Gasteiger partial charge in [-0.15, -0.1) is 0 Å². The molecule has 1 aromatic rings. The fourth-order valence-electron chi connectivity index (χ4n) is 2.02. The third kappa shape index (κ3) is 3.88. The summed E-state index contributed by atoms with van der Waals surface area (Å²) in [5.74, 6) is 7.92. The van der Waals surface area contributed by atoms with Crippen LogP contribution in [0, 0.1) is 11.8 Å². The number of methoxy groups -OCH3 is 2. The van der Waals surface area contributed by atoms with Crippen molar-refractivity contribution in [2.75, 3.05) is 46.9 Å². The summed E-state index contributed by atoms with van der Waals surface area (Å²) in [6.45, 7) is 5.03. The van der Waals surface area contributed by atoms with Crippen molar-refractivity contribution in [1.82, 2.24) is 10.2 Å². The molecule has 1 aromatic carbocycles. The van der Waals surface area contributed by atoms with Crippen LogP contribution < -0.4 is 14.8 Å². The van der Waals surface area contributed by atoms with Crippen LogP contribution in [0.2, 0.25) is 0 Å². The van der Waals surface area contributed by atoms with Crippen molar-refractivity contribution in [2.45, 2.75) is 0 Å². The maximum atomic E-state index is 5.32.